The SMILES string of the molecule is c1ccc(-c2cc(-c3cccc4oc5cccc(-c6cccc7c6sc6ccccc67)c5c34)nc(-c3ccccc3)n2)cc1. The Morgan fingerprint density at radius 1 is 0.455 bits per heavy atom. The van der Waals surface area contributed by atoms with Gasteiger partial charge in [0.15, 0.2) is 5.82 Å². The highest BCUT2D eigenvalue weighted by atomic mass is 32.1. The Hall–Kier alpha value is -5.58. The van der Waals surface area contributed by atoms with Crippen LogP contribution in [0.3, 0.4) is 0 Å². The molecule has 0 saturated heterocycles. The molecule has 0 aliphatic rings. The summed E-state index contributed by atoms with van der Waals surface area (Å²) in [6, 6.07) is 50.5. The van der Waals surface area contributed by atoms with Gasteiger partial charge in [0, 0.05) is 53.2 Å². The summed E-state index contributed by atoms with van der Waals surface area (Å²) < 4.78 is 9.12. The Balaban J connectivity index is 1.34. The first-order chi connectivity index (χ1) is 21.8. The van der Waals surface area contributed by atoms with Crippen LogP contribution < -0.4 is 0 Å². The van der Waals surface area contributed by atoms with Gasteiger partial charge in [0.25, 0.3) is 0 Å². The highest BCUT2D eigenvalue weighted by Crippen LogP contribution is 2.45. The number of nitrogens with zero attached hydrogens (tertiary/aromatic N) is 2. The van der Waals surface area contributed by atoms with Gasteiger partial charge in [-0.2, -0.15) is 0 Å². The molecule has 6 aromatic carbocycles. The summed E-state index contributed by atoms with van der Waals surface area (Å²) >= 11 is 1.85. The van der Waals surface area contributed by atoms with E-state index in [1.54, 1.807) is 0 Å². The standard InChI is InChI=1S/C40H24N2OS/c1-3-12-25(13-4-1)32-24-33(42-40(41-32)26-14-5-2-6-15-26)31-20-11-22-35-38(31)37-28(17-10-21-34(37)43-35)30-19-9-18-29-27-16-7-8-23-36(27)44-39(29)30/h1-24H. The minimum Gasteiger partial charge on any atom is -0.456 e. The van der Waals surface area contributed by atoms with E-state index in [0.717, 1.165) is 55.6 Å². The average molecular weight is 581 g/mol. The summed E-state index contributed by atoms with van der Waals surface area (Å²) in [5.41, 5.74) is 8.88. The number of fused-ring (bicyclic) bond motifs is 6. The van der Waals surface area contributed by atoms with E-state index in [4.69, 9.17) is 14.4 Å². The van der Waals surface area contributed by atoms with Crippen LogP contribution in [0.2, 0.25) is 0 Å². The normalized spacial score (nSPS) is 11.6. The molecule has 0 fully saturated rings. The van der Waals surface area contributed by atoms with Crippen molar-refractivity contribution in [3.05, 3.63) is 146 Å². The first-order valence-electron chi connectivity index (χ1n) is 14.7. The zero-order valence-corrected chi connectivity index (χ0v) is 24.4. The molecule has 0 radical (unpaired) electrons. The lowest BCUT2D eigenvalue weighted by Gasteiger charge is -2.11. The molecule has 44 heavy (non-hydrogen) atoms. The maximum Gasteiger partial charge on any atom is 0.160 e. The van der Waals surface area contributed by atoms with Gasteiger partial charge in [-0.3, -0.25) is 0 Å². The highest BCUT2D eigenvalue weighted by molar-refractivity contribution is 7.26. The molecule has 0 spiro atoms. The molecule has 0 aliphatic carbocycles. The minimum atomic E-state index is 0.696. The van der Waals surface area contributed by atoms with Crippen LogP contribution in [0.25, 0.3) is 87.1 Å². The van der Waals surface area contributed by atoms with Crippen LogP contribution in [-0.2, 0) is 0 Å². The van der Waals surface area contributed by atoms with E-state index >= 15 is 0 Å². The fourth-order valence-corrected chi connectivity index (χ4v) is 7.55. The zero-order valence-electron chi connectivity index (χ0n) is 23.6. The van der Waals surface area contributed by atoms with Crippen LogP contribution in [0.1, 0.15) is 0 Å². The van der Waals surface area contributed by atoms with Crippen molar-refractivity contribution in [1.82, 2.24) is 9.97 Å². The van der Waals surface area contributed by atoms with Crippen LogP contribution in [0.5, 0.6) is 0 Å². The molecular weight excluding hydrogens is 557 g/mol. The van der Waals surface area contributed by atoms with Crippen molar-refractivity contribution in [1.29, 1.82) is 0 Å². The third kappa shape index (κ3) is 3.96. The number of hydrogen-bond acceptors (Lipinski definition) is 4. The molecule has 3 nitrogen and oxygen atoms in total. The topological polar surface area (TPSA) is 38.9 Å². The van der Waals surface area contributed by atoms with Crippen molar-refractivity contribution >= 4 is 53.4 Å². The summed E-state index contributed by atoms with van der Waals surface area (Å²) in [5, 5.41) is 4.74. The van der Waals surface area contributed by atoms with Gasteiger partial charge in [0.05, 0.1) is 11.4 Å². The van der Waals surface area contributed by atoms with Crippen molar-refractivity contribution in [3.8, 4) is 45.0 Å². The molecule has 9 rings (SSSR count). The molecule has 0 atom stereocenters. The lowest BCUT2D eigenvalue weighted by molar-refractivity contribution is 0.669. The van der Waals surface area contributed by atoms with E-state index in [1.165, 1.54) is 25.7 Å². The average Bonchev–Trinajstić information content (AvgIpc) is 3.68. The van der Waals surface area contributed by atoms with E-state index in [9.17, 15) is 0 Å². The monoisotopic (exact) mass is 580 g/mol. The summed E-state index contributed by atoms with van der Waals surface area (Å²) in [6.45, 7) is 0. The largest absolute Gasteiger partial charge is 0.456 e. The second-order valence-corrected chi connectivity index (χ2v) is 12.0. The fraction of sp³-hybridized carbons (Fsp3) is 0. The first kappa shape index (κ1) is 25.0. The zero-order chi connectivity index (χ0) is 29.0. The first-order valence-corrected chi connectivity index (χ1v) is 15.5. The number of aromatic nitrogens is 2. The number of rotatable bonds is 4. The molecule has 0 N–H and O–H groups in total. The summed E-state index contributed by atoms with van der Waals surface area (Å²) in [7, 11) is 0. The lowest BCUT2D eigenvalue weighted by Crippen LogP contribution is -1.96. The molecule has 206 valence electrons. The molecule has 0 bridgehead atoms. The van der Waals surface area contributed by atoms with Crippen molar-refractivity contribution in [2.24, 2.45) is 0 Å². The molecule has 0 aliphatic heterocycles. The number of furan rings is 1. The van der Waals surface area contributed by atoms with Gasteiger partial charge in [0.2, 0.25) is 0 Å². The number of thiophene rings is 1. The maximum absolute atomic E-state index is 6.54. The maximum atomic E-state index is 6.54. The smallest absolute Gasteiger partial charge is 0.160 e. The molecule has 0 unspecified atom stereocenters. The Labute approximate surface area is 257 Å². The molecule has 9 aromatic rings. The Morgan fingerprint density at radius 2 is 1.05 bits per heavy atom. The van der Waals surface area contributed by atoms with Gasteiger partial charge in [-0.15, -0.1) is 11.3 Å². The molecular formula is C40H24N2OS. The van der Waals surface area contributed by atoms with Gasteiger partial charge >= 0.3 is 0 Å². The van der Waals surface area contributed by atoms with Crippen LogP contribution in [-0.4, -0.2) is 9.97 Å². The Morgan fingerprint density at radius 3 is 1.84 bits per heavy atom. The van der Waals surface area contributed by atoms with Crippen molar-refractivity contribution in [2.75, 3.05) is 0 Å². The molecule has 0 amide bonds. The van der Waals surface area contributed by atoms with Gasteiger partial charge in [0.1, 0.15) is 11.2 Å². The van der Waals surface area contributed by atoms with Crippen molar-refractivity contribution in [3.63, 3.8) is 0 Å². The third-order valence-electron chi connectivity index (χ3n) is 8.32. The van der Waals surface area contributed by atoms with E-state index in [-0.39, 0.29) is 0 Å². The molecule has 3 heterocycles. The number of benzene rings is 6. The summed E-state index contributed by atoms with van der Waals surface area (Å²) in [6.07, 6.45) is 0. The second-order valence-electron chi connectivity index (χ2n) is 10.9. The lowest BCUT2D eigenvalue weighted by atomic mass is 9.95. The minimum absolute atomic E-state index is 0.696. The van der Waals surface area contributed by atoms with Crippen molar-refractivity contribution in [2.45, 2.75) is 0 Å². The van der Waals surface area contributed by atoms with Crippen LogP contribution in [0.15, 0.2) is 150 Å². The van der Waals surface area contributed by atoms with Crippen LogP contribution in [0, 0.1) is 0 Å². The van der Waals surface area contributed by atoms with E-state index in [1.807, 2.05) is 47.7 Å². The van der Waals surface area contributed by atoms with Crippen molar-refractivity contribution < 1.29 is 4.42 Å². The van der Waals surface area contributed by atoms with Crippen LogP contribution >= 0.6 is 11.3 Å². The van der Waals surface area contributed by atoms with E-state index in [0.29, 0.717) is 5.82 Å². The second kappa shape index (κ2) is 10.0. The quantitative estimate of drug-likeness (QED) is 0.208. The van der Waals surface area contributed by atoms with E-state index in [2.05, 4.69) is 109 Å². The fourth-order valence-electron chi connectivity index (χ4n) is 6.32. The third-order valence-corrected chi connectivity index (χ3v) is 9.54. The van der Waals surface area contributed by atoms with Gasteiger partial charge in [-0.1, -0.05) is 121 Å². The molecule has 3 aromatic heterocycles. The molecule has 0 saturated carbocycles. The predicted octanol–water partition coefficient (Wildman–Crippen LogP) is 11.4. The van der Waals surface area contributed by atoms with Gasteiger partial charge < -0.3 is 4.42 Å². The Bertz CT molecular complexity index is 2440. The Kier molecular flexibility index (Phi) is 5.68. The van der Waals surface area contributed by atoms with Gasteiger partial charge in [-0.25, -0.2) is 9.97 Å². The van der Waals surface area contributed by atoms with Gasteiger partial charge in [-0.05, 0) is 29.8 Å². The van der Waals surface area contributed by atoms with Crippen LogP contribution in [0.4, 0.5) is 0 Å². The predicted molar refractivity (Wildman–Crippen MR) is 184 cm³/mol. The summed E-state index contributed by atoms with van der Waals surface area (Å²) in [5.74, 6) is 0.696. The summed E-state index contributed by atoms with van der Waals surface area (Å²) in [4.78, 5) is 10.2. The number of hydrogen-bond donors (Lipinski definition) is 0. The van der Waals surface area contributed by atoms with E-state index < -0.39 is 0 Å². The molecule has 4 heteroatoms. The highest BCUT2D eigenvalue weighted by Gasteiger charge is 2.20.